The van der Waals surface area contributed by atoms with Crippen molar-refractivity contribution in [2.45, 2.75) is 76.6 Å². The molecule has 0 aromatic heterocycles. The van der Waals surface area contributed by atoms with E-state index in [1.165, 1.54) is 6.42 Å². The number of carbonyl (C=O) groups excluding carboxylic acids is 1. The van der Waals surface area contributed by atoms with Gasteiger partial charge >= 0.3 is 6.09 Å². The monoisotopic (exact) mass is 325 g/mol. The highest BCUT2D eigenvalue weighted by atomic mass is 16.6. The van der Waals surface area contributed by atoms with Crippen LogP contribution in [0.3, 0.4) is 0 Å². The van der Waals surface area contributed by atoms with E-state index in [0.717, 1.165) is 38.7 Å². The van der Waals surface area contributed by atoms with Gasteiger partial charge in [0.1, 0.15) is 5.60 Å². The second kappa shape index (κ2) is 6.25. The summed E-state index contributed by atoms with van der Waals surface area (Å²) in [5.41, 5.74) is -0.404. The topological polar surface area (TPSA) is 59.0 Å². The highest BCUT2D eigenvalue weighted by molar-refractivity contribution is 5.68. The first-order valence-electron chi connectivity index (χ1n) is 9.08. The standard InChI is InChI=1S/C18H31NO4/c1-17(2,3)23-16(21)19-9-5-14(12-19)15(20)13-6-10-22-18(11-13)7-4-8-18/h13-15,20H,4-12H2,1-3H3. The number of likely N-dealkylation sites (tertiary alicyclic amines) is 1. The van der Waals surface area contributed by atoms with E-state index in [0.29, 0.717) is 19.0 Å². The molecule has 2 saturated heterocycles. The lowest BCUT2D eigenvalue weighted by molar-refractivity contribution is -0.160. The van der Waals surface area contributed by atoms with Gasteiger partial charge in [0.15, 0.2) is 0 Å². The highest BCUT2D eigenvalue weighted by Gasteiger charge is 2.46. The van der Waals surface area contributed by atoms with E-state index in [2.05, 4.69) is 0 Å². The van der Waals surface area contributed by atoms with Crippen molar-refractivity contribution >= 4 is 6.09 Å². The molecule has 1 aliphatic carbocycles. The fraction of sp³-hybridized carbons (Fsp3) is 0.944. The van der Waals surface area contributed by atoms with E-state index >= 15 is 0 Å². The molecule has 0 bridgehead atoms. The molecule has 132 valence electrons. The van der Waals surface area contributed by atoms with Crippen LogP contribution in [0.25, 0.3) is 0 Å². The van der Waals surface area contributed by atoms with Gasteiger partial charge in [0.2, 0.25) is 0 Å². The Bertz CT molecular complexity index is 441. The maximum atomic E-state index is 12.2. The van der Waals surface area contributed by atoms with E-state index in [9.17, 15) is 9.90 Å². The second-order valence-corrected chi connectivity index (χ2v) is 8.60. The third-order valence-electron chi connectivity index (χ3n) is 5.64. The number of aliphatic hydroxyl groups excluding tert-OH is 1. The van der Waals surface area contributed by atoms with Crippen LogP contribution in [-0.4, -0.2) is 53.1 Å². The van der Waals surface area contributed by atoms with Crippen molar-refractivity contribution in [1.82, 2.24) is 4.90 Å². The molecular weight excluding hydrogens is 294 g/mol. The van der Waals surface area contributed by atoms with Crippen molar-refractivity contribution in [2.24, 2.45) is 11.8 Å². The lowest BCUT2D eigenvalue weighted by atomic mass is 9.69. The number of hydrogen-bond acceptors (Lipinski definition) is 4. The van der Waals surface area contributed by atoms with Crippen LogP contribution in [0.4, 0.5) is 4.79 Å². The van der Waals surface area contributed by atoms with Gasteiger partial charge in [0.25, 0.3) is 0 Å². The molecule has 3 unspecified atom stereocenters. The van der Waals surface area contributed by atoms with Crippen LogP contribution < -0.4 is 0 Å². The first kappa shape index (κ1) is 17.0. The van der Waals surface area contributed by atoms with Crippen molar-refractivity contribution in [1.29, 1.82) is 0 Å². The second-order valence-electron chi connectivity index (χ2n) is 8.60. The zero-order chi connectivity index (χ0) is 16.7. The molecule has 23 heavy (non-hydrogen) atoms. The first-order chi connectivity index (χ1) is 10.8. The predicted molar refractivity (Wildman–Crippen MR) is 87.2 cm³/mol. The number of ether oxygens (including phenoxy) is 2. The Hall–Kier alpha value is -0.810. The Kier molecular flexibility index (Phi) is 4.62. The van der Waals surface area contributed by atoms with Crippen LogP contribution >= 0.6 is 0 Å². The molecule has 2 aliphatic heterocycles. The molecule has 5 heteroatoms. The summed E-state index contributed by atoms with van der Waals surface area (Å²) in [7, 11) is 0. The van der Waals surface area contributed by atoms with Gasteiger partial charge in [0, 0.05) is 25.6 Å². The normalized spacial score (nSPS) is 31.7. The SMILES string of the molecule is CC(C)(C)OC(=O)N1CCC(C(O)C2CCOC3(CCC3)C2)C1. The smallest absolute Gasteiger partial charge is 0.410 e. The summed E-state index contributed by atoms with van der Waals surface area (Å²) in [6, 6.07) is 0. The largest absolute Gasteiger partial charge is 0.444 e. The summed E-state index contributed by atoms with van der Waals surface area (Å²) in [6.45, 7) is 7.71. The molecule has 2 heterocycles. The molecule has 3 atom stereocenters. The maximum Gasteiger partial charge on any atom is 0.410 e. The molecule has 0 aromatic rings. The Balaban J connectivity index is 1.53. The lowest BCUT2D eigenvalue weighted by Crippen LogP contribution is -2.49. The number of rotatable bonds is 2. The molecule has 0 radical (unpaired) electrons. The van der Waals surface area contributed by atoms with Gasteiger partial charge in [-0.2, -0.15) is 0 Å². The zero-order valence-corrected chi connectivity index (χ0v) is 14.7. The molecule has 3 rings (SSSR count). The molecule has 3 fully saturated rings. The minimum atomic E-state index is -0.467. The van der Waals surface area contributed by atoms with E-state index < -0.39 is 5.60 Å². The summed E-state index contributed by atoms with van der Waals surface area (Å²) in [4.78, 5) is 13.9. The lowest BCUT2D eigenvalue weighted by Gasteiger charge is -2.48. The Labute approximate surface area is 139 Å². The number of nitrogens with zero attached hydrogens (tertiary/aromatic N) is 1. The summed E-state index contributed by atoms with van der Waals surface area (Å²) in [6.07, 6.45) is 5.74. The van der Waals surface area contributed by atoms with Crippen molar-refractivity contribution in [2.75, 3.05) is 19.7 Å². The van der Waals surface area contributed by atoms with Crippen LogP contribution in [-0.2, 0) is 9.47 Å². The summed E-state index contributed by atoms with van der Waals surface area (Å²) >= 11 is 0. The highest BCUT2D eigenvalue weighted by Crippen LogP contribution is 2.46. The van der Waals surface area contributed by atoms with Crippen molar-refractivity contribution in [3.8, 4) is 0 Å². The average molecular weight is 325 g/mol. The number of aliphatic hydroxyl groups is 1. The molecule has 1 N–H and O–H groups in total. The van der Waals surface area contributed by atoms with Gasteiger partial charge in [0.05, 0.1) is 11.7 Å². The van der Waals surface area contributed by atoms with E-state index in [-0.39, 0.29) is 23.7 Å². The van der Waals surface area contributed by atoms with Crippen molar-refractivity contribution < 1.29 is 19.4 Å². The molecule has 1 saturated carbocycles. The van der Waals surface area contributed by atoms with Crippen molar-refractivity contribution in [3.63, 3.8) is 0 Å². The van der Waals surface area contributed by atoms with Crippen LogP contribution in [0, 0.1) is 11.8 Å². The molecular formula is C18H31NO4. The number of hydrogen-bond donors (Lipinski definition) is 1. The van der Waals surface area contributed by atoms with Crippen LogP contribution in [0.15, 0.2) is 0 Å². The van der Waals surface area contributed by atoms with E-state index in [1.807, 2.05) is 20.8 Å². The first-order valence-corrected chi connectivity index (χ1v) is 9.08. The summed E-state index contributed by atoms with van der Waals surface area (Å²) in [5.74, 6) is 0.482. The molecule has 3 aliphatic rings. The minimum absolute atomic E-state index is 0.0629. The maximum absolute atomic E-state index is 12.2. The van der Waals surface area contributed by atoms with E-state index in [1.54, 1.807) is 4.90 Å². The molecule has 5 nitrogen and oxygen atoms in total. The van der Waals surface area contributed by atoms with Gasteiger partial charge in [-0.3, -0.25) is 0 Å². The molecule has 1 amide bonds. The van der Waals surface area contributed by atoms with Gasteiger partial charge in [-0.1, -0.05) is 0 Å². The van der Waals surface area contributed by atoms with Gasteiger partial charge in [-0.05, 0) is 65.2 Å². The van der Waals surface area contributed by atoms with Crippen LogP contribution in [0.5, 0.6) is 0 Å². The molecule has 1 spiro atoms. The van der Waals surface area contributed by atoms with Crippen LogP contribution in [0.1, 0.15) is 59.3 Å². The minimum Gasteiger partial charge on any atom is -0.444 e. The Morgan fingerprint density at radius 3 is 2.65 bits per heavy atom. The number of carbonyl (C=O) groups is 1. The van der Waals surface area contributed by atoms with Gasteiger partial charge in [-0.25, -0.2) is 4.79 Å². The predicted octanol–water partition coefficient (Wildman–Crippen LogP) is 2.95. The van der Waals surface area contributed by atoms with Gasteiger partial charge in [-0.15, -0.1) is 0 Å². The van der Waals surface area contributed by atoms with E-state index in [4.69, 9.17) is 9.47 Å². The van der Waals surface area contributed by atoms with Crippen molar-refractivity contribution in [3.05, 3.63) is 0 Å². The quantitative estimate of drug-likeness (QED) is 0.848. The fourth-order valence-electron chi connectivity index (χ4n) is 4.22. The van der Waals surface area contributed by atoms with Crippen LogP contribution in [0.2, 0.25) is 0 Å². The van der Waals surface area contributed by atoms with Gasteiger partial charge < -0.3 is 19.5 Å². The zero-order valence-electron chi connectivity index (χ0n) is 14.7. The Morgan fingerprint density at radius 1 is 1.30 bits per heavy atom. The third kappa shape index (κ3) is 3.82. The number of amides is 1. The fourth-order valence-corrected chi connectivity index (χ4v) is 4.22. The summed E-state index contributed by atoms with van der Waals surface area (Å²) < 4.78 is 11.4. The summed E-state index contributed by atoms with van der Waals surface area (Å²) in [5, 5.41) is 10.8. The third-order valence-corrected chi connectivity index (χ3v) is 5.64. The Morgan fingerprint density at radius 2 is 2.04 bits per heavy atom. The average Bonchev–Trinajstić information content (AvgIpc) is 2.93. The molecule has 0 aromatic carbocycles.